The molecule has 2 heterocycles. The van der Waals surface area contributed by atoms with Crippen molar-refractivity contribution < 1.29 is 9.59 Å². The Kier molecular flexibility index (Phi) is 5.95. The molecule has 152 valence electrons. The minimum atomic E-state index is -0.242. The number of amides is 4. The first-order valence-electron chi connectivity index (χ1n) is 10.2. The summed E-state index contributed by atoms with van der Waals surface area (Å²) in [5.74, 6) is 0. The minimum absolute atomic E-state index is 0.108. The first-order valence-corrected chi connectivity index (χ1v) is 10.2. The fraction of sp³-hybridized carbons (Fsp3) is 0.364. The van der Waals surface area contributed by atoms with Gasteiger partial charge in [-0.15, -0.1) is 0 Å². The highest BCUT2D eigenvalue weighted by Gasteiger charge is 2.24. The number of rotatable bonds is 6. The van der Waals surface area contributed by atoms with Gasteiger partial charge in [-0.25, -0.2) is 9.59 Å². The van der Waals surface area contributed by atoms with Gasteiger partial charge in [0.1, 0.15) is 0 Å². The van der Waals surface area contributed by atoms with Crippen molar-refractivity contribution in [2.75, 3.05) is 42.9 Å². The Labute approximate surface area is 171 Å². The molecule has 2 saturated heterocycles. The van der Waals surface area contributed by atoms with Crippen LogP contribution in [0.3, 0.4) is 0 Å². The van der Waals surface area contributed by atoms with Gasteiger partial charge in [-0.3, -0.25) is 9.80 Å². The number of carbonyl (C=O) groups is 2. The highest BCUT2D eigenvalue weighted by Crippen LogP contribution is 2.25. The normalized spacial score (nSPS) is 17.8. The summed E-state index contributed by atoms with van der Waals surface area (Å²) in [6.45, 7) is 3.92. The van der Waals surface area contributed by atoms with Crippen LogP contribution in [0.2, 0.25) is 0 Å². The molecule has 2 aromatic rings. The number of urea groups is 2. The molecule has 7 heteroatoms. The molecule has 0 bridgehead atoms. The molecule has 2 aliphatic rings. The lowest BCUT2D eigenvalue weighted by Crippen LogP contribution is -2.38. The van der Waals surface area contributed by atoms with Crippen molar-refractivity contribution in [1.82, 2.24) is 15.5 Å². The SMILES string of the molecule is O=C(NCC(c1ccccc1)N1CCCC1)Nc1cccc(N2CCNC2=O)c1. The highest BCUT2D eigenvalue weighted by molar-refractivity contribution is 5.95. The Morgan fingerprint density at radius 2 is 1.83 bits per heavy atom. The number of anilines is 2. The van der Waals surface area contributed by atoms with E-state index in [-0.39, 0.29) is 18.1 Å². The Bertz CT molecular complexity index is 851. The van der Waals surface area contributed by atoms with Gasteiger partial charge in [0.25, 0.3) is 0 Å². The van der Waals surface area contributed by atoms with Crippen molar-refractivity contribution in [3.8, 4) is 0 Å². The van der Waals surface area contributed by atoms with Gasteiger partial charge in [0.15, 0.2) is 0 Å². The molecular weight excluding hydrogens is 366 g/mol. The number of nitrogens with one attached hydrogen (secondary N) is 3. The Balaban J connectivity index is 1.38. The van der Waals surface area contributed by atoms with E-state index in [1.807, 2.05) is 42.5 Å². The summed E-state index contributed by atoms with van der Waals surface area (Å²) < 4.78 is 0. The van der Waals surface area contributed by atoms with E-state index < -0.39 is 0 Å². The summed E-state index contributed by atoms with van der Waals surface area (Å²) in [5.41, 5.74) is 2.66. The van der Waals surface area contributed by atoms with Gasteiger partial charge in [0, 0.05) is 31.0 Å². The quantitative estimate of drug-likeness (QED) is 0.706. The summed E-state index contributed by atoms with van der Waals surface area (Å²) in [6.07, 6.45) is 2.40. The predicted octanol–water partition coefficient (Wildman–Crippen LogP) is 3.17. The molecule has 0 aliphatic carbocycles. The second-order valence-corrected chi connectivity index (χ2v) is 7.44. The number of hydrogen-bond donors (Lipinski definition) is 3. The van der Waals surface area contributed by atoms with Crippen molar-refractivity contribution in [3.63, 3.8) is 0 Å². The summed E-state index contributed by atoms with van der Waals surface area (Å²) in [5, 5.41) is 8.70. The van der Waals surface area contributed by atoms with E-state index in [4.69, 9.17) is 0 Å². The number of nitrogens with zero attached hydrogens (tertiary/aromatic N) is 2. The summed E-state index contributed by atoms with van der Waals surface area (Å²) in [6, 6.07) is 17.5. The topological polar surface area (TPSA) is 76.7 Å². The van der Waals surface area contributed by atoms with Crippen molar-refractivity contribution in [1.29, 1.82) is 0 Å². The maximum atomic E-state index is 12.5. The lowest BCUT2D eigenvalue weighted by atomic mass is 10.1. The molecule has 2 aliphatic heterocycles. The summed E-state index contributed by atoms with van der Waals surface area (Å²) in [4.78, 5) is 28.5. The van der Waals surface area contributed by atoms with E-state index in [0.29, 0.717) is 25.3 Å². The lowest BCUT2D eigenvalue weighted by molar-refractivity contribution is 0.227. The molecule has 1 atom stereocenters. The first-order chi connectivity index (χ1) is 14.2. The van der Waals surface area contributed by atoms with Crippen LogP contribution in [-0.4, -0.2) is 49.7 Å². The molecule has 2 aromatic carbocycles. The maximum absolute atomic E-state index is 12.5. The zero-order valence-corrected chi connectivity index (χ0v) is 16.4. The molecule has 4 amide bonds. The lowest BCUT2D eigenvalue weighted by Gasteiger charge is -2.28. The predicted molar refractivity (Wildman–Crippen MR) is 114 cm³/mol. The fourth-order valence-corrected chi connectivity index (χ4v) is 4.02. The maximum Gasteiger partial charge on any atom is 0.321 e. The van der Waals surface area contributed by atoms with Gasteiger partial charge in [-0.05, 0) is 49.7 Å². The number of hydrogen-bond acceptors (Lipinski definition) is 3. The molecule has 1 unspecified atom stereocenters. The van der Waals surface area contributed by atoms with Crippen LogP contribution in [0.15, 0.2) is 54.6 Å². The van der Waals surface area contributed by atoms with E-state index in [0.717, 1.165) is 18.8 Å². The van der Waals surface area contributed by atoms with Crippen molar-refractivity contribution >= 4 is 23.4 Å². The largest absolute Gasteiger partial charge is 0.336 e. The average molecular weight is 393 g/mol. The summed E-state index contributed by atoms with van der Waals surface area (Å²) >= 11 is 0. The Hall–Kier alpha value is -3.06. The standard InChI is InChI=1S/C22H27N5O2/c28-21(25-18-9-6-10-19(15-18)27-14-11-23-22(27)29)24-16-20(26-12-4-5-13-26)17-7-2-1-3-8-17/h1-3,6-10,15,20H,4-5,11-14,16H2,(H,23,29)(H2,24,25,28). The van der Waals surface area contributed by atoms with Crippen LogP contribution in [0.1, 0.15) is 24.4 Å². The minimum Gasteiger partial charge on any atom is -0.336 e. The van der Waals surface area contributed by atoms with Crippen LogP contribution in [0.25, 0.3) is 0 Å². The third kappa shape index (κ3) is 4.68. The molecule has 0 aromatic heterocycles. The van der Waals surface area contributed by atoms with E-state index in [1.54, 1.807) is 4.90 Å². The van der Waals surface area contributed by atoms with Crippen molar-refractivity contribution in [2.24, 2.45) is 0 Å². The number of benzene rings is 2. The van der Waals surface area contributed by atoms with Gasteiger partial charge in [-0.2, -0.15) is 0 Å². The zero-order chi connectivity index (χ0) is 20.1. The van der Waals surface area contributed by atoms with Crippen LogP contribution < -0.4 is 20.9 Å². The second kappa shape index (κ2) is 8.96. The van der Waals surface area contributed by atoms with E-state index >= 15 is 0 Å². The van der Waals surface area contributed by atoms with Crippen LogP contribution in [0, 0.1) is 0 Å². The zero-order valence-electron chi connectivity index (χ0n) is 16.4. The van der Waals surface area contributed by atoms with E-state index in [9.17, 15) is 9.59 Å². The van der Waals surface area contributed by atoms with Crippen molar-refractivity contribution in [3.05, 3.63) is 60.2 Å². The smallest absolute Gasteiger partial charge is 0.321 e. The van der Waals surface area contributed by atoms with Crippen LogP contribution in [0.5, 0.6) is 0 Å². The van der Waals surface area contributed by atoms with Gasteiger partial charge in [-0.1, -0.05) is 36.4 Å². The molecule has 0 spiro atoms. The van der Waals surface area contributed by atoms with Gasteiger partial charge in [0.2, 0.25) is 0 Å². The number of likely N-dealkylation sites (tertiary alicyclic amines) is 1. The molecule has 29 heavy (non-hydrogen) atoms. The van der Waals surface area contributed by atoms with E-state index in [2.05, 4.69) is 33.0 Å². The molecular formula is C22H27N5O2. The van der Waals surface area contributed by atoms with Crippen LogP contribution >= 0.6 is 0 Å². The third-order valence-electron chi connectivity index (χ3n) is 5.49. The van der Waals surface area contributed by atoms with Crippen molar-refractivity contribution in [2.45, 2.75) is 18.9 Å². The van der Waals surface area contributed by atoms with Crippen LogP contribution in [0.4, 0.5) is 21.0 Å². The molecule has 0 radical (unpaired) electrons. The van der Waals surface area contributed by atoms with E-state index in [1.165, 1.54) is 18.4 Å². The molecule has 0 saturated carbocycles. The third-order valence-corrected chi connectivity index (χ3v) is 5.49. The first kappa shape index (κ1) is 19.3. The Morgan fingerprint density at radius 1 is 1.03 bits per heavy atom. The summed E-state index contributed by atoms with van der Waals surface area (Å²) in [7, 11) is 0. The second-order valence-electron chi connectivity index (χ2n) is 7.44. The molecule has 4 rings (SSSR count). The monoisotopic (exact) mass is 393 g/mol. The number of carbonyl (C=O) groups excluding carboxylic acids is 2. The average Bonchev–Trinajstić information content (AvgIpc) is 3.41. The van der Waals surface area contributed by atoms with Gasteiger partial charge >= 0.3 is 12.1 Å². The molecule has 2 fully saturated rings. The van der Waals surface area contributed by atoms with Crippen LogP contribution in [-0.2, 0) is 0 Å². The fourth-order valence-electron chi connectivity index (χ4n) is 4.02. The molecule has 7 nitrogen and oxygen atoms in total. The van der Waals surface area contributed by atoms with Gasteiger partial charge < -0.3 is 16.0 Å². The molecule has 3 N–H and O–H groups in total. The van der Waals surface area contributed by atoms with Gasteiger partial charge in [0.05, 0.1) is 6.04 Å². The highest BCUT2D eigenvalue weighted by atomic mass is 16.2. The Morgan fingerprint density at radius 3 is 2.55 bits per heavy atom.